The molecule has 1 aliphatic heterocycles. The van der Waals surface area contributed by atoms with Gasteiger partial charge in [-0.1, -0.05) is 23.2 Å². The van der Waals surface area contributed by atoms with Gasteiger partial charge in [-0.25, -0.2) is 17.2 Å². The summed E-state index contributed by atoms with van der Waals surface area (Å²) < 4.78 is 53.5. The maximum Gasteiger partial charge on any atom is 0.256 e. The second kappa shape index (κ2) is 7.71. The Kier molecular flexibility index (Phi) is 5.71. The Bertz CT molecular complexity index is 973. The van der Waals surface area contributed by atoms with Gasteiger partial charge in [0.1, 0.15) is 11.6 Å². The van der Waals surface area contributed by atoms with Gasteiger partial charge in [0.2, 0.25) is 10.0 Å². The topological polar surface area (TPSA) is 57.7 Å². The van der Waals surface area contributed by atoms with Gasteiger partial charge in [-0.05, 0) is 30.3 Å². The van der Waals surface area contributed by atoms with Crippen molar-refractivity contribution in [2.75, 3.05) is 26.2 Å². The first-order valence-electron chi connectivity index (χ1n) is 7.89. The van der Waals surface area contributed by atoms with E-state index in [-0.39, 0.29) is 46.7 Å². The van der Waals surface area contributed by atoms with Crippen molar-refractivity contribution in [1.29, 1.82) is 0 Å². The van der Waals surface area contributed by atoms with E-state index >= 15 is 0 Å². The van der Waals surface area contributed by atoms with Crippen molar-refractivity contribution >= 4 is 39.1 Å². The molecule has 1 saturated heterocycles. The molecule has 10 heteroatoms. The van der Waals surface area contributed by atoms with Crippen LogP contribution in [0, 0.1) is 11.6 Å². The lowest BCUT2D eigenvalue weighted by Crippen LogP contribution is -2.50. The van der Waals surface area contributed by atoms with E-state index in [1.54, 1.807) is 0 Å². The third kappa shape index (κ3) is 4.24. The van der Waals surface area contributed by atoms with E-state index in [2.05, 4.69) is 0 Å². The molecule has 0 atom stereocenters. The molecule has 1 aliphatic rings. The molecule has 2 aromatic carbocycles. The molecule has 1 amide bonds. The summed E-state index contributed by atoms with van der Waals surface area (Å²) in [5.41, 5.74) is -0.255. The molecular weight excluding hydrogens is 421 g/mol. The number of benzene rings is 2. The standard InChI is InChI=1S/C17H14Cl2F2N2O3S/c18-11-7-12(19)9-14(8-11)27(25,26)23-5-3-22(4-6-23)17(24)15-2-1-13(20)10-16(15)21/h1-2,7-10H,3-6H2. The van der Waals surface area contributed by atoms with Gasteiger partial charge in [0.15, 0.2) is 0 Å². The molecule has 0 saturated carbocycles. The van der Waals surface area contributed by atoms with Gasteiger partial charge in [0.05, 0.1) is 10.5 Å². The summed E-state index contributed by atoms with van der Waals surface area (Å²) in [6, 6.07) is 6.74. The Balaban J connectivity index is 1.73. The molecule has 0 radical (unpaired) electrons. The van der Waals surface area contributed by atoms with Crippen molar-refractivity contribution in [2.45, 2.75) is 4.90 Å². The number of sulfonamides is 1. The fourth-order valence-electron chi connectivity index (χ4n) is 2.79. The molecule has 1 fully saturated rings. The molecular formula is C17H14Cl2F2N2O3S. The predicted molar refractivity (Wildman–Crippen MR) is 97.5 cm³/mol. The summed E-state index contributed by atoms with van der Waals surface area (Å²) in [5.74, 6) is -2.35. The largest absolute Gasteiger partial charge is 0.336 e. The molecule has 2 aromatic rings. The molecule has 0 N–H and O–H groups in total. The molecule has 5 nitrogen and oxygen atoms in total. The molecule has 0 spiro atoms. The van der Waals surface area contributed by atoms with E-state index in [1.165, 1.54) is 27.4 Å². The number of piperazine rings is 1. The molecule has 0 aliphatic carbocycles. The van der Waals surface area contributed by atoms with Gasteiger partial charge in [0.25, 0.3) is 5.91 Å². The van der Waals surface area contributed by atoms with E-state index in [0.29, 0.717) is 6.07 Å². The van der Waals surface area contributed by atoms with E-state index in [4.69, 9.17) is 23.2 Å². The van der Waals surface area contributed by atoms with Crippen LogP contribution in [-0.4, -0.2) is 49.7 Å². The van der Waals surface area contributed by atoms with Gasteiger partial charge in [-0.2, -0.15) is 4.31 Å². The molecule has 0 aromatic heterocycles. The second-order valence-electron chi connectivity index (χ2n) is 5.93. The van der Waals surface area contributed by atoms with Crippen molar-refractivity contribution in [3.63, 3.8) is 0 Å². The van der Waals surface area contributed by atoms with E-state index in [9.17, 15) is 22.0 Å². The first kappa shape index (κ1) is 20.0. The predicted octanol–water partition coefficient (Wildman–Crippen LogP) is 3.42. The van der Waals surface area contributed by atoms with Gasteiger partial charge in [-0.15, -0.1) is 0 Å². The molecule has 27 heavy (non-hydrogen) atoms. The average molecular weight is 435 g/mol. The summed E-state index contributed by atoms with van der Waals surface area (Å²) in [6.45, 7) is 0.203. The lowest BCUT2D eigenvalue weighted by Gasteiger charge is -2.34. The highest BCUT2D eigenvalue weighted by Gasteiger charge is 2.31. The zero-order chi connectivity index (χ0) is 19.8. The van der Waals surface area contributed by atoms with E-state index in [0.717, 1.165) is 12.1 Å². The highest BCUT2D eigenvalue weighted by atomic mass is 35.5. The van der Waals surface area contributed by atoms with Crippen molar-refractivity contribution in [2.24, 2.45) is 0 Å². The van der Waals surface area contributed by atoms with Crippen LogP contribution in [0.25, 0.3) is 0 Å². The first-order chi connectivity index (χ1) is 12.7. The first-order valence-corrected chi connectivity index (χ1v) is 10.1. The number of carbonyl (C=O) groups is 1. The zero-order valence-electron chi connectivity index (χ0n) is 13.8. The average Bonchev–Trinajstić information content (AvgIpc) is 2.60. The molecule has 0 unspecified atom stereocenters. The van der Waals surface area contributed by atoms with Crippen molar-refractivity contribution in [3.8, 4) is 0 Å². The quantitative estimate of drug-likeness (QED) is 0.743. The number of nitrogens with zero attached hydrogens (tertiary/aromatic N) is 2. The molecule has 1 heterocycles. The maximum atomic E-state index is 13.8. The monoisotopic (exact) mass is 434 g/mol. The zero-order valence-corrected chi connectivity index (χ0v) is 16.2. The Morgan fingerprint density at radius 3 is 2.07 bits per heavy atom. The number of halogens is 4. The fraction of sp³-hybridized carbons (Fsp3) is 0.235. The highest BCUT2D eigenvalue weighted by molar-refractivity contribution is 7.89. The van der Waals surface area contributed by atoms with Crippen molar-refractivity contribution in [3.05, 3.63) is 63.6 Å². The third-order valence-electron chi connectivity index (χ3n) is 4.16. The number of amides is 1. The van der Waals surface area contributed by atoms with Crippen LogP contribution in [-0.2, 0) is 10.0 Å². The highest BCUT2D eigenvalue weighted by Crippen LogP contribution is 2.25. The van der Waals surface area contributed by atoms with Crippen LogP contribution in [0.3, 0.4) is 0 Å². The molecule has 144 valence electrons. The Morgan fingerprint density at radius 1 is 0.926 bits per heavy atom. The number of carbonyl (C=O) groups excluding carboxylic acids is 1. The third-order valence-corrected chi connectivity index (χ3v) is 6.47. The van der Waals surface area contributed by atoms with Crippen LogP contribution in [0.2, 0.25) is 10.0 Å². The van der Waals surface area contributed by atoms with Crippen molar-refractivity contribution in [1.82, 2.24) is 9.21 Å². The summed E-state index contributed by atoms with van der Waals surface area (Å²) in [4.78, 5) is 13.7. The number of hydrogen-bond acceptors (Lipinski definition) is 3. The SMILES string of the molecule is O=C(c1ccc(F)cc1F)N1CCN(S(=O)(=O)c2cc(Cl)cc(Cl)c2)CC1. The normalized spacial score (nSPS) is 15.8. The minimum atomic E-state index is -3.83. The summed E-state index contributed by atoms with van der Waals surface area (Å²) in [6.07, 6.45) is 0. The van der Waals surface area contributed by atoms with Crippen LogP contribution in [0.1, 0.15) is 10.4 Å². The van der Waals surface area contributed by atoms with E-state index < -0.39 is 27.6 Å². The smallest absolute Gasteiger partial charge is 0.256 e. The van der Waals surface area contributed by atoms with Crippen LogP contribution in [0.4, 0.5) is 8.78 Å². The van der Waals surface area contributed by atoms with E-state index in [1.807, 2.05) is 0 Å². The Morgan fingerprint density at radius 2 is 1.52 bits per heavy atom. The van der Waals surface area contributed by atoms with Gasteiger partial charge in [0, 0.05) is 42.3 Å². The Hall–Kier alpha value is -1.74. The number of hydrogen-bond donors (Lipinski definition) is 0. The summed E-state index contributed by atoms with van der Waals surface area (Å²) in [5, 5.41) is 0.392. The van der Waals surface area contributed by atoms with Gasteiger partial charge < -0.3 is 4.90 Å². The van der Waals surface area contributed by atoms with Crippen LogP contribution >= 0.6 is 23.2 Å². The second-order valence-corrected chi connectivity index (χ2v) is 8.74. The minimum Gasteiger partial charge on any atom is -0.336 e. The van der Waals surface area contributed by atoms with Crippen molar-refractivity contribution < 1.29 is 22.0 Å². The van der Waals surface area contributed by atoms with Crippen LogP contribution in [0.15, 0.2) is 41.3 Å². The minimum absolute atomic E-state index is 0.0288. The lowest BCUT2D eigenvalue weighted by molar-refractivity contribution is 0.0693. The molecule has 3 rings (SSSR count). The van der Waals surface area contributed by atoms with Gasteiger partial charge in [-0.3, -0.25) is 4.79 Å². The van der Waals surface area contributed by atoms with Crippen LogP contribution < -0.4 is 0 Å². The summed E-state index contributed by atoms with van der Waals surface area (Å²) in [7, 11) is -3.83. The summed E-state index contributed by atoms with van der Waals surface area (Å²) >= 11 is 11.7. The Labute approximate surface area is 165 Å². The van der Waals surface area contributed by atoms with Crippen LogP contribution in [0.5, 0.6) is 0 Å². The fourth-order valence-corrected chi connectivity index (χ4v) is 4.94. The lowest BCUT2D eigenvalue weighted by atomic mass is 10.1. The van der Waals surface area contributed by atoms with Gasteiger partial charge >= 0.3 is 0 Å². The molecule has 0 bridgehead atoms. The maximum absolute atomic E-state index is 13.8. The number of rotatable bonds is 3.